The van der Waals surface area contributed by atoms with Crippen LogP contribution in [0, 0.1) is 11.8 Å². The first kappa shape index (κ1) is 23.6. The SMILES string of the molecule is CCCCOC(=O)c1ccc(N2C(=O)C3C(C2=O)C2(Br)c4ccccc4C3(Br)c3ccccc32)cc1. The quantitative estimate of drug-likeness (QED) is 0.153. The van der Waals surface area contributed by atoms with E-state index >= 15 is 0 Å². The van der Waals surface area contributed by atoms with Crippen molar-refractivity contribution in [1.82, 2.24) is 0 Å². The van der Waals surface area contributed by atoms with E-state index in [1.54, 1.807) is 24.3 Å². The summed E-state index contributed by atoms with van der Waals surface area (Å²) in [4.78, 5) is 41.7. The molecule has 2 amide bonds. The second kappa shape index (κ2) is 8.38. The summed E-state index contributed by atoms with van der Waals surface area (Å²) in [5, 5.41) is 0. The zero-order valence-corrected chi connectivity index (χ0v) is 22.7. The number of nitrogens with zero attached hydrogens (tertiary/aromatic N) is 1. The molecule has 1 saturated heterocycles. The molecule has 36 heavy (non-hydrogen) atoms. The molecule has 1 fully saturated rings. The van der Waals surface area contributed by atoms with Crippen LogP contribution in [0.4, 0.5) is 5.69 Å². The highest BCUT2D eigenvalue weighted by Crippen LogP contribution is 2.70. The number of hydrogen-bond donors (Lipinski definition) is 0. The van der Waals surface area contributed by atoms with Crippen molar-refractivity contribution in [2.75, 3.05) is 11.5 Å². The van der Waals surface area contributed by atoms with Gasteiger partial charge in [0, 0.05) is 0 Å². The van der Waals surface area contributed by atoms with Crippen molar-refractivity contribution >= 4 is 55.3 Å². The maximum absolute atomic E-state index is 14.1. The number of esters is 1. The zero-order valence-electron chi connectivity index (χ0n) is 19.5. The molecule has 3 aliphatic carbocycles. The Hall–Kier alpha value is -2.77. The molecule has 182 valence electrons. The molecule has 0 spiro atoms. The molecule has 1 aliphatic heterocycles. The van der Waals surface area contributed by atoms with Crippen LogP contribution < -0.4 is 4.90 Å². The van der Waals surface area contributed by atoms with E-state index in [4.69, 9.17) is 4.74 Å². The van der Waals surface area contributed by atoms with Crippen molar-refractivity contribution in [2.24, 2.45) is 11.8 Å². The lowest BCUT2D eigenvalue weighted by atomic mass is 9.54. The van der Waals surface area contributed by atoms with E-state index in [0.29, 0.717) is 17.9 Å². The normalized spacial score (nSPS) is 27.5. The van der Waals surface area contributed by atoms with Crippen molar-refractivity contribution in [3.05, 3.63) is 101 Å². The Labute approximate surface area is 226 Å². The number of alkyl halides is 2. The molecular formula is C29H23Br2NO4. The molecule has 0 radical (unpaired) electrons. The van der Waals surface area contributed by atoms with Gasteiger partial charge in [-0.15, -0.1) is 0 Å². The molecule has 7 rings (SSSR count). The average molecular weight is 609 g/mol. The van der Waals surface area contributed by atoms with Crippen molar-refractivity contribution in [3.63, 3.8) is 0 Å². The smallest absolute Gasteiger partial charge is 0.338 e. The van der Waals surface area contributed by atoms with Crippen LogP contribution in [0.2, 0.25) is 0 Å². The number of imide groups is 1. The Morgan fingerprint density at radius 3 is 1.67 bits per heavy atom. The molecular weight excluding hydrogens is 586 g/mol. The summed E-state index contributed by atoms with van der Waals surface area (Å²) in [5.41, 5.74) is 4.82. The fraction of sp³-hybridized carbons (Fsp3) is 0.276. The number of halogens is 2. The number of unbranched alkanes of at least 4 members (excludes halogenated alkanes) is 1. The minimum atomic E-state index is -0.828. The maximum atomic E-state index is 14.1. The molecule has 2 atom stereocenters. The second-order valence-electron chi connectivity index (χ2n) is 9.52. The summed E-state index contributed by atoms with van der Waals surface area (Å²) >= 11 is 8.02. The van der Waals surface area contributed by atoms with Gasteiger partial charge in [-0.05, 0) is 52.9 Å². The van der Waals surface area contributed by atoms with Gasteiger partial charge in [0.15, 0.2) is 0 Å². The number of hydrogen-bond acceptors (Lipinski definition) is 4. The third kappa shape index (κ3) is 2.96. The van der Waals surface area contributed by atoms with Crippen molar-refractivity contribution in [2.45, 2.75) is 28.4 Å². The van der Waals surface area contributed by atoms with E-state index in [1.165, 1.54) is 4.90 Å². The van der Waals surface area contributed by atoms with Gasteiger partial charge in [-0.2, -0.15) is 0 Å². The minimum Gasteiger partial charge on any atom is -0.462 e. The highest BCUT2D eigenvalue weighted by Gasteiger charge is 2.72. The Bertz CT molecular complexity index is 1300. The predicted octanol–water partition coefficient (Wildman–Crippen LogP) is 6.05. The fourth-order valence-electron chi connectivity index (χ4n) is 6.06. The molecule has 0 N–H and O–H groups in total. The fourth-order valence-corrected chi connectivity index (χ4v) is 8.36. The highest BCUT2D eigenvalue weighted by molar-refractivity contribution is 9.10. The Balaban J connectivity index is 1.43. The van der Waals surface area contributed by atoms with E-state index in [2.05, 4.69) is 31.9 Å². The summed E-state index contributed by atoms with van der Waals surface area (Å²) in [5.74, 6) is -2.19. The van der Waals surface area contributed by atoms with E-state index in [1.807, 2.05) is 55.5 Å². The summed E-state index contributed by atoms with van der Waals surface area (Å²) in [6.07, 6.45) is 1.74. The molecule has 4 aliphatic rings. The summed E-state index contributed by atoms with van der Waals surface area (Å²) < 4.78 is 3.63. The van der Waals surface area contributed by atoms with E-state index in [9.17, 15) is 14.4 Å². The lowest BCUT2D eigenvalue weighted by Crippen LogP contribution is -2.56. The molecule has 2 unspecified atom stereocenters. The molecule has 7 heteroatoms. The molecule has 1 heterocycles. The van der Waals surface area contributed by atoms with Crippen LogP contribution in [0.15, 0.2) is 72.8 Å². The minimum absolute atomic E-state index is 0.257. The average Bonchev–Trinajstić information content (AvgIpc) is 3.18. The second-order valence-corrected chi connectivity index (χ2v) is 12.0. The first-order valence-corrected chi connectivity index (χ1v) is 13.7. The third-order valence-corrected chi connectivity index (χ3v) is 10.4. The zero-order chi connectivity index (χ0) is 25.2. The number of rotatable bonds is 5. The Morgan fingerprint density at radius 1 is 0.806 bits per heavy atom. The number of amides is 2. The van der Waals surface area contributed by atoms with E-state index in [0.717, 1.165) is 35.1 Å². The molecule has 0 aromatic heterocycles. The van der Waals surface area contributed by atoms with Crippen LogP contribution in [0.3, 0.4) is 0 Å². The van der Waals surface area contributed by atoms with Gasteiger partial charge in [0.05, 0.1) is 38.3 Å². The first-order chi connectivity index (χ1) is 17.3. The van der Waals surface area contributed by atoms with Crippen LogP contribution in [-0.2, 0) is 23.0 Å². The lowest BCUT2D eigenvalue weighted by Gasteiger charge is -2.55. The van der Waals surface area contributed by atoms with E-state index in [-0.39, 0.29) is 11.8 Å². The maximum Gasteiger partial charge on any atom is 0.338 e. The predicted molar refractivity (Wildman–Crippen MR) is 143 cm³/mol. The summed E-state index contributed by atoms with van der Waals surface area (Å²) in [6, 6.07) is 22.5. The number of benzene rings is 3. The number of anilines is 1. The van der Waals surface area contributed by atoms with Gasteiger partial charge in [-0.3, -0.25) is 9.59 Å². The van der Waals surface area contributed by atoms with Crippen molar-refractivity contribution < 1.29 is 19.1 Å². The van der Waals surface area contributed by atoms with Crippen LogP contribution in [0.5, 0.6) is 0 Å². The highest BCUT2D eigenvalue weighted by atomic mass is 79.9. The molecule has 2 bridgehead atoms. The molecule has 0 saturated carbocycles. The van der Waals surface area contributed by atoms with Crippen molar-refractivity contribution in [3.8, 4) is 0 Å². The number of carbonyl (C=O) groups excluding carboxylic acids is 3. The largest absolute Gasteiger partial charge is 0.462 e. The number of ether oxygens (including phenoxy) is 1. The van der Waals surface area contributed by atoms with Gasteiger partial charge < -0.3 is 4.74 Å². The Morgan fingerprint density at radius 2 is 1.25 bits per heavy atom. The van der Waals surface area contributed by atoms with Crippen molar-refractivity contribution in [1.29, 1.82) is 0 Å². The monoisotopic (exact) mass is 607 g/mol. The summed E-state index contributed by atoms with van der Waals surface area (Å²) in [7, 11) is 0. The lowest BCUT2D eigenvalue weighted by molar-refractivity contribution is -0.122. The van der Waals surface area contributed by atoms with Gasteiger partial charge in [0.25, 0.3) is 0 Å². The third-order valence-electron chi connectivity index (χ3n) is 7.68. The van der Waals surface area contributed by atoms with Crippen LogP contribution >= 0.6 is 31.9 Å². The first-order valence-electron chi connectivity index (χ1n) is 12.1. The van der Waals surface area contributed by atoms with Gasteiger partial charge >= 0.3 is 5.97 Å². The van der Waals surface area contributed by atoms with Crippen LogP contribution in [0.1, 0.15) is 52.4 Å². The van der Waals surface area contributed by atoms with Gasteiger partial charge in [-0.1, -0.05) is 93.7 Å². The topological polar surface area (TPSA) is 63.7 Å². The van der Waals surface area contributed by atoms with Crippen LogP contribution in [-0.4, -0.2) is 24.4 Å². The van der Waals surface area contributed by atoms with Crippen LogP contribution in [0.25, 0.3) is 0 Å². The summed E-state index contributed by atoms with van der Waals surface area (Å²) in [6.45, 7) is 2.40. The molecule has 3 aromatic carbocycles. The number of carbonyl (C=O) groups is 3. The van der Waals surface area contributed by atoms with Gasteiger partial charge in [0.2, 0.25) is 11.8 Å². The Kier molecular flexibility index (Phi) is 5.50. The van der Waals surface area contributed by atoms with Gasteiger partial charge in [0.1, 0.15) is 0 Å². The van der Waals surface area contributed by atoms with E-state index < -0.39 is 26.5 Å². The molecule has 5 nitrogen and oxygen atoms in total. The van der Waals surface area contributed by atoms with Gasteiger partial charge in [-0.25, -0.2) is 9.69 Å². The molecule has 3 aromatic rings. The standard InChI is InChI=1S/C29H23Br2NO4/c1-2-3-16-36-27(35)17-12-14-18(15-13-17)32-25(33)23-24(26(32)34)29(31)20-9-5-4-8-19(20)28(23,30)21-10-6-7-11-22(21)29/h4-15,23-24H,2-3,16H2,1H3.